The summed E-state index contributed by atoms with van der Waals surface area (Å²) in [5, 5.41) is 7.77. The molecule has 2 N–H and O–H groups in total. The average molecular weight is 351 g/mol. The van der Waals surface area contributed by atoms with Crippen molar-refractivity contribution >= 4 is 28.5 Å². The van der Waals surface area contributed by atoms with Crippen molar-refractivity contribution in [2.24, 2.45) is 5.41 Å². The second-order valence-corrected chi connectivity index (χ2v) is 6.95. The molecule has 0 unspecified atom stereocenters. The van der Waals surface area contributed by atoms with Crippen LogP contribution in [-0.2, 0) is 4.74 Å². The van der Waals surface area contributed by atoms with Crippen LogP contribution in [0.3, 0.4) is 0 Å². The Kier molecular flexibility index (Phi) is 5.13. The number of para-hydroxylation sites is 1. The van der Waals surface area contributed by atoms with Gasteiger partial charge in [0, 0.05) is 30.0 Å². The molecule has 1 fully saturated rings. The monoisotopic (exact) mass is 350 g/mol. The minimum atomic E-state index is -0.200. The van der Waals surface area contributed by atoms with Crippen molar-refractivity contribution in [1.29, 1.82) is 0 Å². The van der Waals surface area contributed by atoms with Crippen LogP contribution in [0.1, 0.15) is 29.0 Å². The Labute approximate surface area is 146 Å². The van der Waals surface area contributed by atoms with Crippen LogP contribution in [0.15, 0.2) is 22.6 Å². The van der Waals surface area contributed by atoms with Gasteiger partial charge in [0.1, 0.15) is 0 Å². The minimum Gasteiger partial charge on any atom is -0.449 e. The Bertz CT molecular complexity index is 730. The molecule has 6 heteroatoms. The fourth-order valence-electron chi connectivity index (χ4n) is 3.41. The Balaban J connectivity index is 1.77. The van der Waals surface area contributed by atoms with Crippen molar-refractivity contribution in [3.8, 4) is 0 Å². The second-order valence-electron chi connectivity index (χ2n) is 6.54. The number of carbonyl (C=O) groups excluding carboxylic acids is 1. The molecular formula is C18H23ClN2O3. The zero-order valence-corrected chi connectivity index (χ0v) is 14.8. The van der Waals surface area contributed by atoms with Crippen molar-refractivity contribution in [2.45, 2.75) is 19.8 Å². The largest absolute Gasteiger partial charge is 0.449 e. The number of ether oxygens (including phenoxy) is 1. The van der Waals surface area contributed by atoms with Gasteiger partial charge in [-0.1, -0.05) is 23.7 Å². The number of hydrogen-bond donors (Lipinski definition) is 2. The van der Waals surface area contributed by atoms with Gasteiger partial charge < -0.3 is 19.8 Å². The van der Waals surface area contributed by atoms with Crippen LogP contribution in [0.25, 0.3) is 11.0 Å². The summed E-state index contributed by atoms with van der Waals surface area (Å²) >= 11 is 6.16. The lowest BCUT2D eigenvalue weighted by Gasteiger charge is -2.37. The lowest BCUT2D eigenvalue weighted by Crippen LogP contribution is -2.47. The number of aryl methyl sites for hydroxylation is 1. The summed E-state index contributed by atoms with van der Waals surface area (Å²) in [6.07, 6.45) is 1.96. The first-order valence-corrected chi connectivity index (χ1v) is 8.60. The Hall–Kier alpha value is -1.56. The molecule has 0 saturated carbocycles. The summed E-state index contributed by atoms with van der Waals surface area (Å²) in [6.45, 7) is 4.98. The zero-order valence-electron chi connectivity index (χ0n) is 14.1. The maximum Gasteiger partial charge on any atom is 0.287 e. The lowest BCUT2D eigenvalue weighted by molar-refractivity contribution is 0.0506. The summed E-state index contributed by atoms with van der Waals surface area (Å²) in [6, 6.07) is 5.53. The Morgan fingerprint density at radius 3 is 2.83 bits per heavy atom. The molecule has 1 saturated heterocycles. The van der Waals surface area contributed by atoms with E-state index in [1.54, 1.807) is 13.2 Å². The first kappa shape index (κ1) is 17.3. The SMILES string of the molecule is COCC1(CNC(=O)c2oc3c(Cl)cccc3c2C)CCNCC1. The Morgan fingerprint density at radius 1 is 1.42 bits per heavy atom. The van der Waals surface area contributed by atoms with Gasteiger partial charge in [0.05, 0.1) is 11.6 Å². The molecule has 2 heterocycles. The molecule has 0 atom stereocenters. The van der Waals surface area contributed by atoms with Crippen molar-refractivity contribution in [2.75, 3.05) is 33.4 Å². The number of benzene rings is 1. The highest BCUT2D eigenvalue weighted by Gasteiger charge is 2.33. The molecule has 1 aromatic heterocycles. The summed E-state index contributed by atoms with van der Waals surface area (Å²) in [5.41, 5.74) is 1.36. The number of hydrogen-bond acceptors (Lipinski definition) is 4. The highest BCUT2D eigenvalue weighted by atomic mass is 35.5. The Morgan fingerprint density at radius 2 is 2.17 bits per heavy atom. The van der Waals surface area contributed by atoms with Gasteiger partial charge in [0.25, 0.3) is 5.91 Å². The number of methoxy groups -OCH3 is 1. The molecule has 1 aliphatic heterocycles. The van der Waals surface area contributed by atoms with Crippen LogP contribution in [0, 0.1) is 12.3 Å². The van der Waals surface area contributed by atoms with Crippen molar-refractivity contribution in [1.82, 2.24) is 10.6 Å². The van der Waals surface area contributed by atoms with Crippen LogP contribution in [0.4, 0.5) is 0 Å². The number of amides is 1. The molecule has 0 radical (unpaired) electrons. The van der Waals surface area contributed by atoms with E-state index in [-0.39, 0.29) is 11.3 Å². The van der Waals surface area contributed by atoms with Gasteiger partial charge in [-0.25, -0.2) is 0 Å². The number of fused-ring (bicyclic) bond motifs is 1. The molecule has 24 heavy (non-hydrogen) atoms. The molecule has 1 aromatic carbocycles. The van der Waals surface area contributed by atoms with E-state index in [0.29, 0.717) is 29.5 Å². The third-order valence-corrected chi connectivity index (χ3v) is 5.16. The summed E-state index contributed by atoms with van der Waals surface area (Å²) in [4.78, 5) is 12.6. The number of halogens is 1. The number of nitrogens with one attached hydrogen (secondary N) is 2. The van der Waals surface area contributed by atoms with Gasteiger partial charge in [-0.3, -0.25) is 4.79 Å². The van der Waals surface area contributed by atoms with Gasteiger partial charge in [0.2, 0.25) is 0 Å². The fourth-order valence-corrected chi connectivity index (χ4v) is 3.62. The molecule has 1 aliphatic rings. The van der Waals surface area contributed by atoms with Crippen molar-refractivity contribution in [3.05, 3.63) is 34.5 Å². The zero-order chi connectivity index (χ0) is 17.2. The first-order chi connectivity index (χ1) is 11.6. The van der Waals surface area contributed by atoms with E-state index in [1.165, 1.54) is 0 Å². The van der Waals surface area contributed by atoms with Crippen LogP contribution in [0.2, 0.25) is 5.02 Å². The minimum absolute atomic E-state index is 0.0206. The smallest absolute Gasteiger partial charge is 0.287 e. The molecule has 0 aliphatic carbocycles. The van der Waals surface area contributed by atoms with Crippen LogP contribution >= 0.6 is 11.6 Å². The van der Waals surface area contributed by atoms with E-state index in [1.807, 2.05) is 19.1 Å². The van der Waals surface area contributed by atoms with E-state index in [2.05, 4.69) is 10.6 Å². The molecular weight excluding hydrogens is 328 g/mol. The van der Waals surface area contributed by atoms with Gasteiger partial charge in [-0.05, 0) is 38.9 Å². The predicted molar refractivity (Wildman–Crippen MR) is 94.7 cm³/mol. The number of carbonyl (C=O) groups is 1. The molecule has 3 rings (SSSR count). The molecule has 130 valence electrons. The molecule has 0 spiro atoms. The second kappa shape index (κ2) is 7.13. The van der Waals surface area contributed by atoms with Gasteiger partial charge in [-0.2, -0.15) is 0 Å². The van der Waals surface area contributed by atoms with Crippen molar-refractivity contribution < 1.29 is 13.9 Å². The molecule has 0 bridgehead atoms. The molecule has 2 aromatic rings. The normalized spacial score (nSPS) is 17.1. The summed E-state index contributed by atoms with van der Waals surface area (Å²) < 4.78 is 11.1. The maximum atomic E-state index is 12.6. The van der Waals surface area contributed by atoms with Crippen molar-refractivity contribution in [3.63, 3.8) is 0 Å². The number of piperidine rings is 1. The average Bonchev–Trinajstić information content (AvgIpc) is 2.93. The van der Waals surface area contributed by atoms with E-state index in [4.69, 9.17) is 20.8 Å². The maximum absolute atomic E-state index is 12.6. The van der Waals surface area contributed by atoms with Crippen LogP contribution in [-0.4, -0.2) is 39.3 Å². The standard InChI is InChI=1S/C18H23ClN2O3/c1-12-13-4-3-5-14(19)16(13)24-15(12)17(22)21-10-18(11-23-2)6-8-20-9-7-18/h3-5,20H,6-11H2,1-2H3,(H,21,22). The van der Waals surface area contributed by atoms with E-state index in [9.17, 15) is 4.79 Å². The van der Waals surface area contributed by atoms with Gasteiger partial charge in [-0.15, -0.1) is 0 Å². The lowest BCUT2D eigenvalue weighted by atomic mass is 9.79. The van der Waals surface area contributed by atoms with E-state index < -0.39 is 0 Å². The third kappa shape index (κ3) is 3.29. The van der Waals surface area contributed by atoms with Crippen LogP contribution in [0.5, 0.6) is 0 Å². The van der Waals surface area contributed by atoms with Gasteiger partial charge >= 0.3 is 0 Å². The highest BCUT2D eigenvalue weighted by Crippen LogP contribution is 2.31. The predicted octanol–water partition coefficient (Wildman–Crippen LogP) is 3.14. The quantitative estimate of drug-likeness (QED) is 0.869. The van der Waals surface area contributed by atoms with E-state index >= 15 is 0 Å². The van der Waals surface area contributed by atoms with E-state index in [0.717, 1.165) is 36.9 Å². The molecule has 5 nitrogen and oxygen atoms in total. The first-order valence-electron chi connectivity index (χ1n) is 8.22. The number of rotatable bonds is 5. The highest BCUT2D eigenvalue weighted by molar-refractivity contribution is 6.35. The number of furan rings is 1. The van der Waals surface area contributed by atoms with Gasteiger partial charge in [0.15, 0.2) is 11.3 Å². The topological polar surface area (TPSA) is 63.5 Å². The molecule has 1 amide bonds. The van der Waals surface area contributed by atoms with Crippen LogP contribution < -0.4 is 10.6 Å². The third-order valence-electron chi connectivity index (χ3n) is 4.86. The fraction of sp³-hybridized carbons (Fsp3) is 0.500. The summed E-state index contributed by atoms with van der Waals surface area (Å²) in [5.74, 6) is 0.133. The summed E-state index contributed by atoms with van der Waals surface area (Å²) in [7, 11) is 1.71.